The van der Waals surface area contributed by atoms with Crippen LogP contribution in [-0.4, -0.2) is 26.8 Å². The Morgan fingerprint density at radius 1 is 0.927 bits per heavy atom. The van der Waals surface area contributed by atoms with Gasteiger partial charge in [-0.15, -0.1) is 0 Å². The van der Waals surface area contributed by atoms with E-state index >= 15 is 0 Å². The maximum atomic E-state index is 13.6. The van der Waals surface area contributed by atoms with Gasteiger partial charge in [-0.05, 0) is 79.6 Å². The van der Waals surface area contributed by atoms with Gasteiger partial charge in [-0.2, -0.15) is 0 Å². The number of para-hydroxylation sites is 2. The van der Waals surface area contributed by atoms with Gasteiger partial charge in [0, 0.05) is 28.1 Å². The predicted octanol–water partition coefficient (Wildman–Crippen LogP) is 9.33. The minimum atomic E-state index is -1.12. The number of hydrogen-bond acceptors (Lipinski definition) is 3. The number of ketones is 1. The summed E-state index contributed by atoms with van der Waals surface area (Å²) >= 11 is 6.70. The Bertz CT molecular complexity index is 1730. The lowest BCUT2D eigenvalue weighted by Crippen LogP contribution is -2.12. The van der Waals surface area contributed by atoms with Crippen molar-refractivity contribution in [1.29, 1.82) is 0 Å². The molecule has 1 atom stereocenters. The average Bonchev–Trinajstić information content (AvgIpc) is 3.36. The van der Waals surface area contributed by atoms with Crippen LogP contribution < -0.4 is 0 Å². The summed E-state index contributed by atoms with van der Waals surface area (Å²) in [5.74, 6) is -0.551. The zero-order valence-electron chi connectivity index (χ0n) is 23.7. The molecule has 0 bridgehead atoms. The van der Waals surface area contributed by atoms with Crippen molar-refractivity contribution >= 4 is 34.4 Å². The summed E-state index contributed by atoms with van der Waals surface area (Å²) in [5.41, 5.74) is 8.54. The van der Waals surface area contributed by atoms with E-state index in [-0.39, 0.29) is 17.3 Å². The standard InChI is InChI=1S/C35H33ClN2O3/c1-5-9-24(32-21(3)16-20(2)17-22(32)4)19-31(39)23-14-15-25(27(18-23)35(40)41)33-26(10-8-11-28(33)36)34-37-29-12-6-7-13-30(29)38-34/h6-8,10-18,24H,5,9,19H2,1-4H3,(H,37,38)(H,40,41). The van der Waals surface area contributed by atoms with Crippen LogP contribution in [0.5, 0.6) is 0 Å². The van der Waals surface area contributed by atoms with Crippen LogP contribution in [-0.2, 0) is 0 Å². The Morgan fingerprint density at radius 2 is 1.66 bits per heavy atom. The molecule has 0 amide bonds. The van der Waals surface area contributed by atoms with Gasteiger partial charge in [-0.25, -0.2) is 9.78 Å². The van der Waals surface area contributed by atoms with Crippen molar-refractivity contribution in [3.8, 4) is 22.5 Å². The number of carbonyl (C=O) groups excluding carboxylic acids is 1. The number of hydrogen-bond donors (Lipinski definition) is 2. The molecule has 0 saturated heterocycles. The lowest BCUT2D eigenvalue weighted by Gasteiger charge is -2.22. The second-order valence-corrected chi connectivity index (χ2v) is 11.2. The van der Waals surface area contributed by atoms with E-state index in [9.17, 15) is 14.7 Å². The van der Waals surface area contributed by atoms with Gasteiger partial charge in [-0.1, -0.05) is 79.0 Å². The third kappa shape index (κ3) is 5.68. The number of aromatic carboxylic acids is 1. The highest BCUT2D eigenvalue weighted by molar-refractivity contribution is 6.34. The summed E-state index contributed by atoms with van der Waals surface area (Å²) in [5, 5.41) is 10.7. The number of nitrogens with one attached hydrogen (secondary N) is 1. The van der Waals surface area contributed by atoms with Crippen molar-refractivity contribution in [2.45, 2.75) is 52.9 Å². The van der Waals surface area contributed by atoms with Crippen LogP contribution in [0.1, 0.15) is 75.1 Å². The molecule has 5 aromatic rings. The molecule has 208 valence electrons. The highest BCUT2D eigenvalue weighted by Crippen LogP contribution is 2.40. The maximum Gasteiger partial charge on any atom is 0.336 e. The first-order valence-corrected chi connectivity index (χ1v) is 14.3. The molecule has 1 heterocycles. The molecule has 5 rings (SSSR count). The molecule has 0 radical (unpaired) electrons. The molecule has 0 aliphatic rings. The second-order valence-electron chi connectivity index (χ2n) is 10.8. The topological polar surface area (TPSA) is 83.0 Å². The van der Waals surface area contributed by atoms with Crippen molar-refractivity contribution in [3.05, 3.63) is 111 Å². The SMILES string of the molecule is CCCC(CC(=O)c1ccc(-c2c(Cl)cccc2-c2nc3ccccc3[nH]2)c(C(=O)O)c1)c1c(C)cc(C)cc1C. The Labute approximate surface area is 245 Å². The number of carboxylic acids is 1. The number of aromatic nitrogens is 2. The normalized spacial score (nSPS) is 12.0. The van der Waals surface area contributed by atoms with Gasteiger partial charge in [0.05, 0.1) is 16.6 Å². The highest BCUT2D eigenvalue weighted by Gasteiger charge is 2.24. The second kappa shape index (κ2) is 11.7. The molecule has 5 nitrogen and oxygen atoms in total. The van der Waals surface area contributed by atoms with Gasteiger partial charge < -0.3 is 10.1 Å². The van der Waals surface area contributed by atoms with Crippen molar-refractivity contribution < 1.29 is 14.7 Å². The number of carbonyl (C=O) groups is 2. The van der Waals surface area contributed by atoms with Crippen LogP contribution in [0.15, 0.2) is 72.8 Å². The molecule has 0 aliphatic carbocycles. The molecule has 6 heteroatoms. The van der Waals surface area contributed by atoms with Gasteiger partial charge in [0.2, 0.25) is 0 Å². The first kappa shape index (κ1) is 28.3. The third-order valence-electron chi connectivity index (χ3n) is 7.71. The molecule has 0 spiro atoms. The van der Waals surface area contributed by atoms with Crippen LogP contribution >= 0.6 is 11.6 Å². The molecule has 41 heavy (non-hydrogen) atoms. The van der Waals surface area contributed by atoms with Crippen molar-refractivity contribution in [3.63, 3.8) is 0 Å². The lowest BCUT2D eigenvalue weighted by atomic mass is 9.82. The van der Waals surface area contributed by atoms with E-state index in [0.717, 1.165) is 23.9 Å². The van der Waals surface area contributed by atoms with Gasteiger partial charge >= 0.3 is 5.97 Å². The number of H-pyrrole nitrogens is 1. The summed E-state index contributed by atoms with van der Waals surface area (Å²) in [6.45, 7) is 8.40. The number of aromatic amines is 1. The maximum absolute atomic E-state index is 13.6. The Morgan fingerprint density at radius 3 is 2.34 bits per heavy atom. The molecule has 1 aromatic heterocycles. The molecular formula is C35H33ClN2O3. The predicted molar refractivity (Wildman–Crippen MR) is 166 cm³/mol. The zero-order valence-corrected chi connectivity index (χ0v) is 24.5. The van der Waals surface area contributed by atoms with Crippen LogP contribution in [0.4, 0.5) is 0 Å². The van der Waals surface area contributed by atoms with Crippen LogP contribution in [0, 0.1) is 20.8 Å². The van der Waals surface area contributed by atoms with E-state index < -0.39 is 5.97 Å². The first-order valence-electron chi connectivity index (χ1n) is 13.9. The molecule has 0 saturated carbocycles. The number of halogens is 1. The van der Waals surface area contributed by atoms with Gasteiger partial charge in [0.25, 0.3) is 0 Å². The van der Waals surface area contributed by atoms with Crippen LogP contribution in [0.25, 0.3) is 33.5 Å². The molecule has 0 aliphatic heterocycles. The minimum absolute atomic E-state index is 0.0241. The molecule has 0 fully saturated rings. The fourth-order valence-corrected chi connectivity index (χ4v) is 6.34. The monoisotopic (exact) mass is 564 g/mol. The smallest absolute Gasteiger partial charge is 0.336 e. The van der Waals surface area contributed by atoms with E-state index in [2.05, 4.69) is 44.8 Å². The summed E-state index contributed by atoms with van der Waals surface area (Å²) in [6.07, 6.45) is 2.13. The van der Waals surface area contributed by atoms with Gasteiger partial charge in [-0.3, -0.25) is 4.79 Å². The molecule has 1 unspecified atom stereocenters. The molecular weight excluding hydrogens is 532 g/mol. The number of rotatable bonds is 9. The number of imidazole rings is 1. The average molecular weight is 565 g/mol. The summed E-state index contributed by atoms with van der Waals surface area (Å²) < 4.78 is 0. The zero-order chi connectivity index (χ0) is 29.3. The lowest BCUT2D eigenvalue weighted by molar-refractivity contribution is 0.0697. The van der Waals surface area contributed by atoms with E-state index in [1.807, 2.05) is 36.4 Å². The van der Waals surface area contributed by atoms with Crippen molar-refractivity contribution in [2.24, 2.45) is 0 Å². The number of fused-ring (bicyclic) bond motifs is 1. The number of carboxylic acid groups (broad SMARTS) is 1. The molecule has 2 N–H and O–H groups in total. The number of Topliss-reactive ketones (excluding diaryl/α,β-unsaturated/α-hetero) is 1. The van der Waals surface area contributed by atoms with E-state index in [0.29, 0.717) is 39.5 Å². The summed E-state index contributed by atoms with van der Waals surface area (Å²) in [6, 6.07) is 22.3. The Hall–Kier alpha value is -4.22. The van der Waals surface area contributed by atoms with Crippen LogP contribution in [0.2, 0.25) is 5.02 Å². The quantitative estimate of drug-likeness (QED) is 0.175. The Kier molecular flexibility index (Phi) is 8.09. The Balaban J connectivity index is 1.55. The van der Waals surface area contributed by atoms with Gasteiger partial charge in [0.1, 0.15) is 5.82 Å². The van der Waals surface area contributed by atoms with Crippen molar-refractivity contribution in [2.75, 3.05) is 0 Å². The number of nitrogens with zero attached hydrogens (tertiary/aromatic N) is 1. The third-order valence-corrected chi connectivity index (χ3v) is 8.03. The van der Waals surface area contributed by atoms with E-state index in [4.69, 9.17) is 16.6 Å². The van der Waals surface area contributed by atoms with Gasteiger partial charge in [0.15, 0.2) is 5.78 Å². The molecule has 4 aromatic carbocycles. The van der Waals surface area contributed by atoms with E-state index in [1.165, 1.54) is 28.3 Å². The van der Waals surface area contributed by atoms with E-state index in [1.54, 1.807) is 18.2 Å². The van der Waals surface area contributed by atoms with Crippen molar-refractivity contribution in [1.82, 2.24) is 9.97 Å². The fraction of sp³-hybridized carbons (Fsp3) is 0.229. The largest absolute Gasteiger partial charge is 0.478 e. The first-order chi connectivity index (χ1) is 19.7. The summed E-state index contributed by atoms with van der Waals surface area (Å²) in [4.78, 5) is 34.2. The minimum Gasteiger partial charge on any atom is -0.478 e. The highest BCUT2D eigenvalue weighted by atomic mass is 35.5. The number of benzene rings is 4. The fourth-order valence-electron chi connectivity index (χ4n) is 6.06. The number of aryl methyl sites for hydroxylation is 3. The summed E-state index contributed by atoms with van der Waals surface area (Å²) in [7, 11) is 0. The van der Waals surface area contributed by atoms with Crippen LogP contribution in [0.3, 0.4) is 0 Å².